The molecular formula is C39H62N7O17P3S-4. The Hall–Kier alpha value is -2.96. The Bertz CT molecular complexity index is 2090. The predicted molar refractivity (Wildman–Crippen MR) is 238 cm³/mol. The van der Waals surface area contributed by atoms with Crippen molar-refractivity contribution in [1.82, 2.24) is 30.2 Å². The molecule has 2 aromatic rings. The first-order valence-corrected chi connectivity index (χ1v) is 27.2. The van der Waals surface area contributed by atoms with E-state index in [4.69, 9.17) is 10.5 Å². The highest BCUT2D eigenvalue weighted by Gasteiger charge is 2.47. The van der Waals surface area contributed by atoms with E-state index in [2.05, 4.69) is 74.7 Å². The van der Waals surface area contributed by atoms with Crippen LogP contribution in [-0.2, 0) is 50.7 Å². The van der Waals surface area contributed by atoms with Crippen LogP contribution in [0.1, 0.15) is 110 Å². The van der Waals surface area contributed by atoms with Crippen LogP contribution in [0.3, 0.4) is 0 Å². The summed E-state index contributed by atoms with van der Waals surface area (Å²) in [5.41, 5.74) is 4.09. The first kappa shape index (κ1) is 58.4. The summed E-state index contributed by atoms with van der Waals surface area (Å²) >= 11 is 1.13. The normalized spacial score (nSPS) is 20.3. The quantitative estimate of drug-likeness (QED) is 0.0387. The Morgan fingerprint density at radius 1 is 0.925 bits per heavy atom. The average molecular weight is 1030 g/mol. The van der Waals surface area contributed by atoms with Gasteiger partial charge in [0.2, 0.25) is 11.8 Å². The van der Waals surface area contributed by atoms with Gasteiger partial charge in [0.25, 0.3) is 15.6 Å². The standard InChI is InChI=1S/C39H66N7O17P3S/c1-4-5-6-7-8-9-10-11-12-13-14-15-16-17-18-19-30(48)67-23-22-41-29(47)20-21-42-37(51)34(50)39(2,3)25-60-66(57,58)63-65(55,56)59-24-28-33(62-64(52,53)54)32(49)38(61-28)46-27-45-31-35(40)43-26-44-36(31)46/h8-9,11-12,26-28,32-34,38,49-50H,4-7,10,13-25H2,1-3H3,(H,41,47)(H,42,51)(H,55,56)(H,57,58)(H2,40,43,44)(H2,52,53,54)/p-4/b9-8+,12-11+/t28-,32-,33-,34+,38-/m1/s1. The predicted octanol–water partition coefficient (Wildman–Crippen LogP) is 1.95. The summed E-state index contributed by atoms with van der Waals surface area (Å²) in [6.45, 7) is 2.36. The van der Waals surface area contributed by atoms with E-state index >= 15 is 0 Å². The van der Waals surface area contributed by atoms with Crippen LogP contribution < -0.4 is 35.9 Å². The third-order valence-electron chi connectivity index (χ3n) is 10.1. The van der Waals surface area contributed by atoms with Crippen LogP contribution >= 0.6 is 35.2 Å². The van der Waals surface area contributed by atoms with Crippen molar-refractivity contribution in [1.29, 1.82) is 0 Å². The molecule has 24 nitrogen and oxygen atoms in total. The molecular weight excluding hydrogens is 963 g/mol. The molecule has 2 amide bonds. The van der Waals surface area contributed by atoms with Gasteiger partial charge >= 0.3 is 0 Å². The molecule has 6 N–H and O–H groups in total. The maximum atomic E-state index is 12.6. The summed E-state index contributed by atoms with van der Waals surface area (Å²) in [6, 6.07) is 0. The zero-order valence-corrected chi connectivity index (χ0v) is 41.2. The van der Waals surface area contributed by atoms with Crippen molar-refractivity contribution in [2.45, 2.75) is 135 Å². The molecule has 2 aromatic heterocycles. The number of hydrogen-bond acceptors (Lipinski definition) is 22. The van der Waals surface area contributed by atoms with Gasteiger partial charge in [-0.15, -0.1) is 0 Å². The monoisotopic (exact) mass is 1030 g/mol. The molecule has 0 aliphatic carbocycles. The van der Waals surface area contributed by atoms with E-state index in [1.54, 1.807) is 0 Å². The van der Waals surface area contributed by atoms with Crippen molar-refractivity contribution in [2.75, 3.05) is 37.8 Å². The second kappa shape index (κ2) is 28.6. The number of allylic oxidation sites excluding steroid dienone is 4. The molecule has 0 aromatic carbocycles. The number of thioether (sulfide) groups is 1. The van der Waals surface area contributed by atoms with Gasteiger partial charge in [0.1, 0.15) is 36.3 Å². The van der Waals surface area contributed by atoms with Crippen LogP contribution in [0.5, 0.6) is 0 Å². The SMILES string of the molecule is CCCCC/C=C/C/C=C/CCCCCCCC(=O)SCCNC(=O)CCNC(=O)[C@H](O)C(C)(C)COP(=O)([O-])OP(=O)([O-])OC[C@H]1O[C@@H](n2cnc3c(N)ncnc32)[C@H](O)[C@@H]1OP(=O)([O-])[O-]. The number of nitrogens with one attached hydrogen (secondary N) is 2. The van der Waals surface area contributed by atoms with Gasteiger partial charge in [0, 0.05) is 37.1 Å². The largest absolute Gasteiger partial charge is 0.790 e. The Kier molecular flexibility index (Phi) is 24.9. The molecule has 2 unspecified atom stereocenters. The number of anilines is 1. The van der Waals surface area contributed by atoms with E-state index in [1.807, 2.05) is 0 Å². The van der Waals surface area contributed by atoms with Gasteiger partial charge in [0.15, 0.2) is 22.8 Å². The second-order valence-corrected chi connectivity index (χ2v) is 21.4. The van der Waals surface area contributed by atoms with Gasteiger partial charge < -0.3 is 69.0 Å². The molecule has 3 heterocycles. The van der Waals surface area contributed by atoms with E-state index in [0.717, 1.165) is 80.4 Å². The molecule has 3 rings (SSSR count). The zero-order chi connectivity index (χ0) is 49.7. The number of unbranched alkanes of at least 4 members (excludes halogenated alkanes) is 8. The van der Waals surface area contributed by atoms with Crippen molar-refractivity contribution in [3.8, 4) is 0 Å². The van der Waals surface area contributed by atoms with Crippen LogP contribution in [0, 0.1) is 5.41 Å². The van der Waals surface area contributed by atoms with Crippen molar-refractivity contribution in [3.63, 3.8) is 0 Å². The van der Waals surface area contributed by atoms with E-state index in [9.17, 15) is 57.9 Å². The summed E-state index contributed by atoms with van der Waals surface area (Å²) in [4.78, 5) is 96.8. The Balaban J connectivity index is 1.31. The topological polar surface area (TPSA) is 375 Å². The lowest BCUT2D eigenvalue weighted by molar-refractivity contribution is -0.347. The minimum absolute atomic E-state index is 0.0196. The van der Waals surface area contributed by atoms with E-state index < -0.39 is 84.6 Å². The fourth-order valence-electron chi connectivity index (χ4n) is 6.43. The third kappa shape index (κ3) is 21.7. The number of carbonyl (C=O) groups excluding carboxylic acids is 3. The maximum absolute atomic E-state index is 12.6. The molecule has 0 spiro atoms. The van der Waals surface area contributed by atoms with Crippen LogP contribution in [-0.4, -0.2) is 103 Å². The molecule has 1 saturated heterocycles. The summed E-state index contributed by atoms with van der Waals surface area (Å²) in [6.07, 6.45) is 13.8. The highest BCUT2D eigenvalue weighted by atomic mass is 32.2. The van der Waals surface area contributed by atoms with Crippen LogP contribution in [0.15, 0.2) is 37.0 Å². The Morgan fingerprint density at radius 2 is 1.58 bits per heavy atom. The number of fused-ring (bicyclic) bond motifs is 1. The molecule has 0 saturated carbocycles. The van der Waals surface area contributed by atoms with E-state index in [1.165, 1.54) is 33.1 Å². The summed E-state index contributed by atoms with van der Waals surface area (Å²) < 4.78 is 60.8. The van der Waals surface area contributed by atoms with Crippen molar-refractivity contribution >= 4 is 69.1 Å². The number of amides is 2. The summed E-state index contributed by atoms with van der Waals surface area (Å²) in [5, 5.41) is 26.5. The number of phosphoric ester groups is 3. The number of carbonyl (C=O) groups is 3. The van der Waals surface area contributed by atoms with Gasteiger partial charge in [-0.2, -0.15) is 0 Å². The highest BCUT2D eigenvalue weighted by Crippen LogP contribution is 2.56. The van der Waals surface area contributed by atoms with Crippen LogP contribution in [0.2, 0.25) is 0 Å². The molecule has 1 aliphatic rings. The zero-order valence-electron chi connectivity index (χ0n) is 37.7. The first-order chi connectivity index (χ1) is 31.6. The molecule has 1 fully saturated rings. The van der Waals surface area contributed by atoms with Gasteiger partial charge in [-0.05, 0) is 38.5 Å². The van der Waals surface area contributed by atoms with Crippen LogP contribution in [0.4, 0.5) is 5.82 Å². The number of aliphatic hydroxyl groups excluding tert-OH is 2. The lowest BCUT2D eigenvalue weighted by atomic mass is 9.87. The fourth-order valence-corrected chi connectivity index (χ4v) is 9.88. The van der Waals surface area contributed by atoms with Crippen molar-refractivity contribution < 1.29 is 80.5 Å². The van der Waals surface area contributed by atoms with Gasteiger partial charge in [-0.25, -0.2) is 19.3 Å². The number of rotatable bonds is 33. The number of nitrogens with zero attached hydrogens (tertiary/aromatic N) is 4. The van der Waals surface area contributed by atoms with Gasteiger partial charge in [-0.1, -0.05) is 88.9 Å². The molecule has 28 heteroatoms. The lowest BCUT2D eigenvalue weighted by Gasteiger charge is -2.36. The number of nitrogens with two attached hydrogens (primary N) is 1. The molecule has 7 atom stereocenters. The minimum atomic E-state index is -5.92. The van der Waals surface area contributed by atoms with E-state index in [0.29, 0.717) is 12.2 Å². The number of hydrogen-bond donors (Lipinski definition) is 5. The number of nitrogen functional groups attached to an aromatic ring is 1. The highest BCUT2D eigenvalue weighted by molar-refractivity contribution is 8.13. The number of phosphoric acid groups is 3. The molecule has 0 radical (unpaired) electrons. The average Bonchev–Trinajstić information content (AvgIpc) is 3.81. The maximum Gasteiger partial charge on any atom is 0.274 e. The molecule has 1 aliphatic heterocycles. The molecule has 67 heavy (non-hydrogen) atoms. The van der Waals surface area contributed by atoms with Gasteiger partial charge in [-0.3, -0.25) is 28.1 Å². The number of imidazole rings is 1. The van der Waals surface area contributed by atoms with Crippen molar-refractivity contribution in [3.05, 3.63) is 37.0 Å². The van der Waals surface area contributed by atoms with Crippen molar-refractivity contribution in [2.24, 2.45) is 5.41 Å². The fraction of sp³-hybridized carbons (Fsp3) is 0.692. The summed E-state index contributed by atoms with van der Waals surface area (Å²) in [7, 11) is -17.6. The second-order valence-electron chi connectivity index (χ2n) is 16.2. The smallest absolute Gasteiger partial charge is 0.274 e. The number of ether oxygens (including phenoxy) is 1. The minimum Gasteiger partial charge on any atom is -0.790 e. The third-order valence-corrected chi connectivity index (χ3v) is 14.0. The number of aromatic nitrogens is 4. The number of aliphatic hydroxyl groups is 2. The molecule has 0 bridgehead atoms. The summed E-state index contributed by atoms with van der Waals surface area (Å²) in [5.74, 6) is -1.15. The first-order valence-electron chi connectivity index (χ1n) is 21.8. The van der Waals surface area contributed by atoms with Crippen LogP contribution in [0.25, 0.3) is 11.2 Å². The molecule has 380 valence electrons. The van der Waals surface area contributed by atoms with Gasteiger partial charge in [0.05, 0.1) is 27.4 Å². The Labute approximate surface area is 393 Å². The lowest BCUT2D eigenvalue weighted by Crippen LogP contribution is -2.46. The Morgan fingerprint density at radius 3 is 2.27 bits per heavy atom. The van der Waals surface area contributed by atoms with E-state index in [-0.39, 0.29) is 41.6 Å².